The number of nitrogens with zero attached hydrogens (tertiary/aromatic N) is 2. The number of hydrogen-bond acceptors (Lipinski definition) is 2. The molecule has 0 fully saturated rings. The van der Waals surface area contributed by atoms with Gasteiger partial charge >= 0.3 is 0 Å². The highest BCUT2D eigenvalue weighted by molar-refractivity contribution is 5.92. The van der Waals surface area contributed by atoms with Gasteiger partial charge in [0.2, 0.25) is 13.1 Å². The van der Waals surface area contributed by atoms with Crippen LogP contribution < -0.4 is 20.6 Å². The lowest BCUT2D eigenvalue weighted by Crippen LogP contribution is -2.44. The van der Waals surface area contributed by atoms with Crippen LogP contribution in [-0.2, 0) is 13.1 Å². The molecule has 2 aromatic heterocycles. The monoisotopic (exact) mass is 272 g/mol. The van der Waals surface area contributed by atoms with Gasteiger partial charge in [-0.2, -0.15) is 9.13 Å². The molecule has 2 heterocycles. The molecule has 2 aromatic rings. The van der Waals surface area contributed by atoms with Crippen molar-refractivity contribution >= 4 is 11.8 Å². The van der Waals surface area contributed by atoms with Gasteiger partial charge in [0.25, 0.3) is 11.8 Å². The highest BCUT2D eigenvalue weighted by Crippen LogP contribution is 1.93. The van der Waals surface area contributed by atoms with Gasteiger partial charge in [0.1, 0.15) is 11.1 Å². The second kappa shape index (κ2) is 5.92. The molecule has 102 valence electrons. The zero-order valence-electron chi connectivity index (χ0n) is 10.9. The fraction of sp³-hybridized carbons (Fsp3) is 0.143. The zero-order valence-corrected chi connectivity index (χ0v) is 10.9. The molecule has 0 unspecified atom stereocenters. The quantitative estimate of drug-likeness (QED) is 0.694. The molecule has 2 rings (SSSR count). The van der Waals surface area contributed by atoms with Crippen molar-refractivity contribution < 1.29 is 18.7 Å². The third-order valence-electron chi connectivity index (χ3n) is 2.90. The summed E-state index contributed by atoms with van der Waals surface area (Å²) in [6.45, 7) is 1.29. The second-order valence-electron chi connectivity index (χ2n) is 4.39. The third kappa shape index (κ3) is 3.38. The minimum Gasteiger partial charge on any atom is -0.365 e. The number of hydrogen-bond donors (Lipinski definition) is 2. The van der Waals surface area contributed by atoms with Crippen LogP contribution in [0.25, 0.3) is 0 Å². The van der Waals surface area contributed by atoms with E-state index in [1.54, 1.807) is 36.7 Å². The van der Waals surface area contributed by atoms with Crippen LogP contribution in [0, 0.1) is 0 Å². The normalized spacial score (nSPS) is 10.2. The summed E-state index contributed by atoms with van der Waals surface area (Å²) in [6, 6.07) is 6.87. The second-order valence-corrected chi connectivity index (χ2v) is 4.39. The maximum atomic E-state index is 11.1. The van der Waals surface area contributed by atoms with Gasteiger partial charge in [-0.05, 0) is 12.1 Å². The molecule has 0 aliphatic rings. The van der Waals surface area contributed by atoms with E-state index in [1.165, 1.54) is 0 Å². The summed E-state index contributed by atoms with van der Waals surface area (Å²) in [5.74, 6) is -0.912. The number of aryl methyl sites for hydroxylation is 2. The van der Waals surface area contributed by atoms with Gasteiger partial charge in [0, 0.05) is 12.1 Å². The molecular weight excluding hydrogens is 256 g/mol. The highest BCUT2D eigenvalue weighted by atomic mass is 16.1. The van der Waals surface area contributed by atoms with E-state index < -0.39 is 11.8 Å². The van der Waals surface area contributed by atoms with Crippen LogP contribution in [0.5, 0.6) is 0 Å². The van der Waals surface area contributed by atoms with E-state index in [9.17, 15) is 9.59 Å². The van der Waals surface area contributed by atoms with Crippen molar-refractivity contribution in [3.8, 4) is 0 Å². The molecule has 0 saturated heterocycles. The molecule has 0 aromatic carbocycles. The minimum absolute atomic E-state index is 0.456. The fourth-order valence-electron chi connectivity index (χ4n) is 1.84. The average molecular weight is 272 g/mol. The molecule has 4 N–H and O–H groups in total. The van der Waals surface area contributed by atoms with E-state index in [2.05, 4.69) is 0 Å². The maximum Gasteiger partial charge on any atom is 0.254 e. The Morgan fingerprint density at radius 2 is 1.25 bits per heavy atom. The number of aromatic nitrogens is 2. The van der Waals surface area contributed by atoms with Gasteiger partial charge in [-0.3, -0.25) is 9.59 Å². The molecule has 0 aliphatic heterocycles. The Morgan fingerprint density at radius 3 is 1.60 bits per heavy atom. The van der Waals surface area contributed by atoms with E-state index >= 15 is 0 Å². The van der Waals surface area contributed by atoms with Gasteiger partial charge in [-0.1, -0.05) is 0 Å². The first-order valence-corrected chi connectivity index (χ1v) is 6.14. The summed E-state index contributed by atoms with van der Waals surface area (Å²) in [5.41, 5.74) is 11.4. The molecule has 0 radical (unpaired) electrons. The van der Waals surface area contributed by atoms with Crippen LogP contribution in [0.1, 0.15) is 20.7 Å². The number of carbonyl (C=O) groups is 2. The summed E-state index contributed by atoms with van der Waals surface area (Å²) in [4.78, 5) is 22.2. The van der Waals surface area contributed by atoms with Gasteiger partial charge in [-0.25, -0.2) is 0 Å². The van der Waals surface area contributed by atoms with Gasteiger partial charge in [0.15, 0.2) is 24.8 Å². The summed E-state index contributed by atoms with van der Waals surface area (Å²) < 4.78 is 3.73. The number of primary amides is 2. The first-order chi connectivity index (χ1) is 9.56. The van der Waals surface area contributed by atoms with E-state index in [-0.39, 0.29) is 0 Å². The molecule has 2 amide bonds. The van der Waals surface area contributed by atoms with E-state index in [1.807, 2.05) is 21.5 Å². The van der Waals surface area contributed by atoms with Crippen molar-refractivity contribution in [2.75, 3.05) is 0 Å². The van der Waals surface area contributed by atoms with Crippen molar-refractivity contribution in [1.29, 1.82) is 0 Å². The minimum atomic E-state index is -0.456. The summed E-state index contributed by atoms with van der Waals surface area (Å²) >= 11 is 0. The van der Waals surface area contributed by atoms with Crippen LogP contribution in [0.4, 0.5) is 0 Å². The predicted octanol–water partition coefficient (Wildman–Crippen LogP) is -0.840. The smallest absolute Gasteiger partial charge is 0.254 e. The number of amides is 2. The lowest BCUT2D eigenvalue weighted by molar-refractivity contribution is -0.778. The van der Waals surface area contributed by atoms with Crippen molar-refractivity contribution in [3.63, 3.8) is 0 Å². The van der Waals surface area contributed by atoms with Gasteiger partial charge < -0.3 is 11.5 Å². The van der Waals surface area contributed by atoms with Gasteiger partial charge in [0.05, 0.1) is 0 Å². The first kappa shape index (κ1) is 13.7. The van der Waals surface area contributed by atoms with E-state index in [4.69, 9.17) is 11.5 Å². The molecule has 20 heavy (non-hydrogen) atoms. The van der Waals surface area contributed by atoms with Crippen molar-refractivity contribution in [1.82, 2.24) is 0 Å². The van der Waals surface area contributed by atoms with Crippen molar-refractivity contribution in [2.45, 2.75) is 13.1 Å². The van der Waals surface area contributed by atoms with Crippen LogP contribution >= 0.6 is 0 Å². The summed E-state index contributed by atoms with van der Waals surface area (Å²) in [5, 5.41) is 0. The van der Waals surface area contributed by atoms with Gasteiger partial charge in [-0.15, -0.1) is 0 Å². The Morgan fingerprint density at radius 1 is 0.850 bits per heavy atom. The summed E-state index contributed by atoms with van der Waals surface area (Å²) in [6.07, 6.45) is 7.09. The standard InChI is InChI=1S/C14H14N4O2/c15-13(19)11-3-1-5-17(9-11)7-8-18-6-2-4-12(10-18)14(16)20/h1-6,9-10H,7-8H2,(H2-2,15,16,19,20)/p+2. The van der Waals surface area contributed by atoms with E-state index in [0.29, 0.717) is 24.2 Å². The molecule has 6 nitrogen and oxygen atoms in total. The topological polar surface area (TPSA) is 93.9 Å². The largest absolute Gasteiger partial charge is 0.365 e. The summed E-state index contributed by atoms with van der Waals surface area (Å²) in [7, 11) is 0. The molecule has 0 saturated carbocycles. The Bertz CT molecular complexity index is 598. The number of pyridine rings is 2. The number of nitrogens with two attached hydrogens (primary N) is 2. The van der Waals surface area contributed by atoms with Crippen LogP contribution in [0.3, 0.4) is 0 Å². The molecule has 6 heteroatoms. The average Bonchev–Trinajstić information content (AvgIpc) is 2.45. The third-order valence-corrected chi connectivity index (χ3v) is 2.90. The van der Waals surface area contributed by atoms with Crippen LogP contribution in [0.2, 0.25) is 0 Å². The zero-order chi connectivity index (χ0) is 14.5. The Hall–Kier alpha value is -2.76. The Labute approximate surface area is 116 Å². The molecular formula is C14H16N4O2+2. The lowest BCUT2D eigenvalue weighted by Gasteiger charge is -1.98. The Kier molecular flexibility index (Phi) is 4.05. The lowest BCUT2D eigenvalue weighted by atomic mass is 10.2. The fourth-order valence-corrected chi connectivity index (χ4v) is 1.84. The van der Waals surface area contributed by atoms with Crippen LogP contribution in [-0.4, -0.2) is 11.8 Å². The van der Waals surface area contributed by atoms with Crippen molar-refractivity contribution in [2.24, 2.45) is 11.5 Å². The molecule has 0 aliphatic carbocycles. The van der Waals surface area contributed by atoms with Crippen molar-refractivity contribution in [3.05, 3.63) is 60.2 Å². The molecule has 0 spiro atoms. The highest BCUT2D eigenvalue weighted by Gasteiger charge is 2.11. The Balaban J connectivity index is 2.08. The van der Waals surface area contributed by atoms with Crippen LogP contribution in [0.15, 0.2) is 49.1 Å². The maximum absolute atomic E-state index is 11.1. The SMILES string of the molecule is NC(=O)c1ccc[n+](CC[n+]2cccc(C(N)=O)c2)c1. The molecule has 0 atom stereocenters. The number of rotatable bonds is 5. The molecule has 0 bridgehead atoms. The van der Waals surface area contributed by atoms with E-state index in [0.717, 1.165) is 0 Å². The number of carbonyl (C=O) groups excluding carboxylic acids is 2. The first-order valence-electron chi connectivity index (χ1n) is 6.14. The predicted molar refractivity (Wildman–Crippen MR) is 70.3 cm³/mol.